The minimum atomic E-state index is -1.66. The average molecular weight is 538 g/mol. The highest BCUT2D eigenvalue weighted by Crippen LogP contribution is 2.51. The second kappa shape index (κ2) is 8.30. The van der Waals surface area contributed by atoms with Crippen molar-refractivity contribution in [3.05, 3.63) is 51.0 Å². The van der Waals surface area contributed by atoms with Gasteiger partial charge in [-0.15, -0.1) is 0 Å². The molecule has 10 heteroatoms. The van der Waals surface area contributed by atoms with Crippen LogP contribution in [0.25, 0.3) is 0 Å². The van der Waals surface area contributed by atoms with Crippen molar-refractivity contribution < 1.29 is 29.0 Å². The van der Waals surface area contributed by atoms with E-state index in [0.717, 1.165) is 10.5 Å². The number of imide groups is 1. The summed E-state index contributed by atoms with van der Waals surface area (Å²) in [5.74, 6) is -3.47. The molecule has 2 fully saturated rings. The molecule has 2 aromatic carbocycles. The number of amides is 2. The van der Waals surface area contributed by atoms with E-state index in [1.165, 1.54) is 21.1 Å². The topological polar surface area (TPSA) is 105 Å². The number of halogens is 2. The number of hydrogen-bond acceptors (Lipinski definition) is 6. The molecule has 4 unspecified atom stereocenters. The third kappa shape index (κ3) is 3.50. The molecule has 33 heavy (non-hydrogen) atoms. The number of nitrogens with zero attached hydrogens (tertiary/aromatic N) is 1. The first-order chi connectivity index (χ1) is 15.5. The van der Waals surface area contributed by atoms with Gasteiger partial charge in [0.25, 0.3) is 0 Å². The minimum Gasteiger partial charge on any atom is -0.493 e. The number of fused-ring (bicyclic) bond motifs is 1. The SMILES string of the molecule is COc1cc(C2NC(C)(C(=O)O)C3C(=O)N(c4ccc(C)c(Cl)c4)C(=O)C23)cc(Br)c1OC. The number of carboxylic acid groups (broad SMARTS) is 1. The molecule has 4 atom stereocenters. The number of carboxylic acids is 1. The molecule has 0 saturated carbocycles. The Hall–Kier alpha value is -2.62. The lowest BCUT2D eigenvalue weighted by molar-refractivity contribution is -0.147. The molecule has 0 bridgehead atoms. The monoisotopic (exact) mass is 536 g/mol. The Morgan fingerprint density at radius 3 is 2.45 bits per heavy atom. The Balaban J connectivity index is 1.85. The zero-order chi connectivity index (χ0) is 24.2. The fraction of sp³-hybridized carbons (Fsp3) is 0.348. The third-order valence-electron chi connectivity index (χ3n) is 6.46. The number of rotatable bonds is 5. The molecule has 2 heterocycles. The van der Waals surface area contributed by atoms with Crippen LogP contribution >= 0.6 is 27.5 Å². The number of carbonyl (C=O) groups is 3. The van der Waals surface area contributed by atoms with Crippen molar-refractivity contribution >= 4 is 51.0 Å². The predicted molar refractivity (Wildman–Crippen MR) is 125 cm³/mol. The molecule has 2 aliphatic heterocycles. The molecule has 174 valence electrons. The summed E-state index contributed by atoms with van der Waals surface area (Å²) in [4.78, 5) is 40.5. The smallest absolute Gasteiger partial charge is 0.324 e. The maximum absolute atomic E-state index is 13.6. The first kappa shape index (κ1) is 23.5. The molecule has 2 aromatic rings. The van der Waals surface area contributed by atoms with E-state index in [-0.39, 0.29) is 0 Å². The van der Waals surface area contributed by atoms with E-state index >= 15 is 0 Å². The van der Waals surface area contributed by atoms with Gasteiger partial charge in [-0.05, 0) is 65.2 Å². The summed E-state index contributed by atoms with van der Waals surface area (Å²) in [5, 5.41) is 13.5. The summed E-state index contributed by atoms with van der Waals surface area (Å²) < 4.78 is 11.3. The number of hydrogen-bond donors (Lipinski definition) is 2. The number of aliphatic carboxylic acids is 1. The second-order valence-electron chi connectivity index (χ2n) is 8.32. The van der Waals surface area contributed by atoms with Gasteiger partial charge >= 0.3 is 5.97 Å². The van der Waals surface area contributed by atoms with E-state index in [9.17, 15) is 19.5 Å². The Morgan fingerprint density at radius 2 is 1.88 bits per heavy atom. The van der Waals surface area contributed by atoms with Gasteiger partial charge in [0.2, 0.25) is 11.8 Å². The normalized spacial score (nSPS) is 26.5. The Labute approximate surface area is 203 Å². The summed E-state index contributed by atoms with van der Waals surface area (Å²) in [5.41, 5.74) is 0.0366. The molecule has 2 N–H and O–H groups in total. The van der Waals surface area contributed by atoms with Crippen LogP contribution in [-0.4, -0.2) is 42.6 Å². The second-order valence-corrected chi connectivity index (χ2v) is 9.58. The highest BCUT2D eigenvalue weighted by Gasteiger charge is 2.67. The Bertz CT molecular complexity index is 1190. The molecule has 2 aliphatic rings. The van der Waals surface area contributed by atoms with E-state index in [1.54, 1.807) is 30.3 Å². The first-order valence-corrected chi connectivity index (χ1v) is 11.3. The number of carbonyl (C=O) groups excluding carboxylic acids is 2. The van der Waals surface area contributed by atoms with E-state index in [2.05, 4.69) is 21.2 Å². The number of aryl methyl sites for hydroxylation is 1. The van der Waals surface area contributed by atoms with E-state index < -0.39 is 41.2 Å². The maximum Gasteiger partial charge on any atom is 0.324 e. The van der Waals surface area contributed by atoms with Gasteiger partial charge in [0, 0.05) is 11.1 Å². The highest BCUT2D eigenvalue weighted by atomic mass is 79.9. The van der Waals surface area contributed by atoms with Gasteiger partial charge in [-0.3, -0.25) is 19.7 Å². The molecule has 2 saturated heterocycles. The van der Waals surface area contributed by atoms with Crippen molar-refractivity contribution in [3.63, 3.8) is 0 Å². The van der Waals surface area contributed by atoms with Crippen LogP contribution < -0.4 is 19.7 Å². The molecular formula is C23H22BrClN2O6. The quantitative estimate of drug-likeness (QED) is 0.560. The van der Waals surface area contributed by atoms with Crippen LogP contribution in [0, 0.1) is 18.8 Å². The zero-order valence-electron chi connectivity index (χ0n) is 18.3. The average Bonchev–Trinajstić information content (AvgIpc) is 3.23. The summed E-state index contributed by atoms with van der Waals surface area (Å²) in [6.45, 7) is 3.24. The lowest BCUT2D eigenvalue weighted by Gasteiger charge is -2.27. The largest absolute Gasteiger partial charge is 0.493 e. The van der Waals surface area contributed by atoms with Crippen LogP contribution in [0.1, 0.15) is 24.1 Å². The molecule has 4 rings (SSSR count). The maximum atomic E-state index is 13.6. The molecule has 0 aromatic heterocycles. The Morgan fingerprint density at radius 1 is 1.18 bits per heavy atom. The predicted octanol–water partition coefficient (Wildman–Crippen LogP) is 3.72. The number of ether oxygens (including phenoxy) is 2. The standard InChI is InChI=1S/C23H22BrClN2O6/c1-10-5-6-12(9-14(10)25)27-20(28)16-17(21(27)29)23(2,22(30)31)26-18(16)11-7-13(24)19(33-4)15(8-11)32-3/h5-9,16-18,26H,1-4H3,(H,30,31). The number of benzene rings is 2. The van der Waals surface area contributed by atoms with Crippen molar-refractivity contribution in [2.45, 2.75) is 25.4 Å². The number of anilines is 1. The molecule has 0 aliphatic carbocycles. The van der Waals surface area contributed by atoms with Gasteiger partial charge < -0.3 is 14.6 Å². The van der Waals surface area contributed by atoms with Gasteiger partial charge in [-0.1, -0.05) is 17.7 Å². The van der Waals surface area contributed by atoms with Crippen LogP contribution in [0.4, 0.5) is 5.69 Å². The Kier molecular flexibility index (Phi) is 5.92. The van der Waals surface area contributed by atoms with E-state index in [0.29, 0.717) is 32.2 Å². The van der Waals surface area contributed by atoms with Crippen molar-refractivity contribution in [2.24, 2.45) is 11.8 Å². The summed E-state index contributed by atoms with van der Waals surface area (Å²) in [7, 11) is 2.98. The van der Waals surface area contributed by atoms with Crippen LogP contribution in [0.2, 0.25) is 5.02 Å². The van der Waals surface area contributed by atoms with Crippen LogP contribution in [0.15, 0.2) is 34.8 Å². The summed E-state index contributed by atoms with van der Waals surface area (Å²) in [6.07, 6.45) is 0. The van der Waals surface area contributed by atoms with Gasteiger partial charge in [-0.25, -0.2) is 4.90 Å². The van der Waals surface area contributed by atoms with Gasteiger partial charge in [-0.2, -0.15) is 0 Å². The van der Waals surface area contributed by atoms with Crippen molar-refractivity contribution in [3.8, 4) is 11.5 Å². The van der Waals surface area contributed by atoms with Crippen molar-refractivity contribution in [2.75, 3.05) is 19.1 Å². The molecule has 0 radical (unpaired) electrons. The lowest BCUT2D eigenvalue weighted by atomic mass is 9.80. The minimum absolute atomic E-state index is 0.315. The van der Waals surface area contributed by atoms with E-state index in [1.807, 2.05) is 6.92 Å². The summed E-state index contributed by atoms with van der Waals surface area (Å²) in [6, 6.07) is 7.54. The molecule has 0 spiro atoms. The van der Waals surface area contributed by atoms with Crippen LogP contribution in [-0.2, 0) is 14.4 Å². The number of nitrogens with one attached hydrogen (secondary N) is 1. The van der Waals surface area contributed by atoms with Gasteiger partial charge in [0.05, 0.1) is 36.2 Å². The van der Waals surface area contributed by atoms with Gasteiger partial charge in [0.1, 0.15) is 5.54 Å². The summed E-state index contributed by atoms with van der Waals surface area (Å²) >= 11 is 9.67. The first-order valence-electron chi connectivity index (χ1n) is 10.1. The lowest BCUT2D eigenvalue weighted by Crippen LogP contribution is -2.53. The number of methoxy groups -OCH3 is 2. The van der Waals surface area contributed by atoms with E-state index in [4.69, 9.17) is 21.1 Å². The fourth-order valence-electron chi connectivity index (χ4n) is 4.71. The van der Waals surface area contributed by atoms with Crippen LogP contribution in [0.3, 0.4) is 0 Å². The fourth-order valence-corrected chi connectivity index (χ4v) is 5.51. The molecule has 8 nitrogen and oxygen atoms in total. The van der Waals surface area contributed by atoms with Crippen molar-refractivity contribution in [1.82, 2.24) is 5.32 Å². The molecule has 2 amide bonds. The highest BCUT2D eigenvalue weighted by molar-refractivity contribution is 9.10. The van der Waals surface area contributed by atoms with Crippen LogP contribution in [0.5, 0.6) is 11.5 Å². The molecular weight excluding hydrogens is 516 g/mol. The zero-order valence-corrected chi connectivity index (χ0v) is 20.7. The van der Waals surface area contributed by atoms with Gasteiger partial charge in [0.15, 0.2) is 11.5 Å². The van der Waals surface area contributed by atoms with Crippen molar-refractivity contribution in [1.29, 1.82) is 0 Å². The third-order valence-corrected chi connectivity index (χ3v) is 7.46.